The Morgan fingerprint density at radius 1 is 1.06 bits per heavy atom. The first kappa shape index (κ1) is 10.4. The minimum atomic E-state index is -0.463. The highest BCUT2D eigenvalue weighted by molar-refractivity contribution is 6.67. The van der Waals surface area contributed by atoms with Gasteiger partial charge < -0.3 is 4.74 Å². The van der Waals surface area contributed by atoms with Crippen molar-refractivity contribution in [2.45, 2.75) is 6.42 Å². The monoisotopic (exact) mass is 244 g/mol. The van der Waals surface area contributed by atoms with Crippen LogP contribution in [0.15, 0.2) is 42.5 Å². The Morgan fingerprint density at radius 3 is 2.65 bits per heavy atom. The fourth-order valence-electron chi connectivity index (χ4n) is 1.99. The molecule has 0 aromatic heterocycles. The van der Waals surface area contributed by atoms with E-state index in [-0.39, 0.29) is 0 Å². The van der Waals surface area contributed by atoms with E-state index in [4.69, 9.17) is 16.3 Å². The highest BCUT2D eigenvalue weighted by Gasteiger charge is 2.17. The molecule has 3 rings (SSSR count). The maximum atomic E-state index is 11.1. The van der Waals surface area contributed by atoms with Crippen LogP contribution < -0.4 is 4.74 Å². The minimum absolute atomic E-state index is 0.463. The van der Waals surface area contributed by atoms with E-state index in [1.54, 1.807) is 12.1 Å². The molecule has 0 unspecified atom stereocenters. The van der Waals surface area contributed by atoms with Gasteiger partial charge in [-0.3, -0.25) is 4.79 Å². The number of ether oxygens (including phenoxy) is 1. The van der Waals surface area contributed by atoms with Gasteiger partial charge in [-0.25, -0.2) is 0 Å². The smallest absolute Gasteiger partial charge is 0.252 e. The molecular formula is C14H9ClO2. The van der Waals surface area contributed by atoms with Gasteiger partial charge in [-0.2, -0.15) is 0 Å². The van der Waals surface area contributed by atoms with Crippen LogP contribution in [0.1, 0.15) is 21.5 Å². The summed E-state index contributed by atoms with van der Waals surface area (Å²) in [6.07, 6.45) is 0.822. The van der Waals surface area contributed by atoms with E-state index in [0.717, 1.165) is 29.0 Å². The van der Waals surface area contributed by atoms with Crippen LogP contribution in [0.5, 0.6) is 11.5 Å². The summed E-state index contributed by atoms with van der Waals surface area (Å²) in [6.45, 7) is 0. The molecule has 0 saturated heterocycles. The van der Waals surface area contributed by atoms with Gasteiger partial charge in [-0.1, -0.05) is 24.3 Å². The number of carbonyl (C=O) groups excluding carboxylic acids is 1. The molecule has 0 saturated carbocycles. The van der Waals surface area contributed by atoms with Gasteiger partial charge in [0.15, 0.2) is 0 Å². The normalized spacial score (nSPS) is 12.3. The van der Waals surface area contributed by atoms with Crippen LogP contribution in [0.3, 0.4) is 0 Å². The molecule has 2 aromatic carbocycles. The molecule has 2 aromatic rings. The molecule has 0 atom stereocenters. The van der Waals surface area contributed by atoms with E-state index >= 15 is 0 Å². The average Bonchev–Trinajstić information content (AvgIpc) is 2.35. The minimum Gasteiger partial charge on any atom is -0.457 e. The fraction of sp³-hybridized carbons (Fsp3) is 0.0714. The van der Waals surface area contributed by atoms with Gasteiger partial charge in [-0.15, -0.1) is 0 Å². The maximum absolute atomic E-state index is 11.1. The third kappa shape index (κ3) is 1.81. The molecular weight excluding hydrogens is 236 g/mol. The highest BCUT2D eigenvalue weighted by Crippen LogP contribution is 2.36. The van der Waals surface area contributed by atoms with E-state index in [9.17, 15) is 4.79 Å². The number of fused-ring (bicyclic) bond motifs is 2. The van der Waals surface area contributed by atoms with E-state index in [0.29, 0.717) is 5.56 Å². The summed E-state index contributed by atoms with van der Waals surface area (Å²) >= 11 is 5.45. The molecule has 3 heteroatoms. The summed E-state index contributed by atoms with van der Waals surface area (Å²) in [6, 6.07) is 13.2. The SMILES string of the molecule is O=C(Cl)c1ccc2c(c1)Oc1ccccc1C2. The first-order chi connectivity index (χ1) is 8.24. The van der Waals surface area contributed by atoms with Gasteiger partial charge in [0.1, 0.15) is 11.5 Å². The van der Waals surface area contributed by atoms with Crippen molar-refractivity contribution >= 4 is 16.8 Å². The second kappa shape index (κ2) is 3.90. The van der Waals surface area contributed by atoms with Gasteiger partial charge in [0.05, 0.1) is 0 Å². The second-order valence-corrected chi connectivity index (χ2v) is 4.33. The summed E-state index contributed by atoms with van der Waals surface area (Å²) in [5, 5.41) is -0.463. The molecule has 0 spiro atoms. The third-order valence-corrected chi connectivity index (χ3v) is 3.09. The zero-order chi connectivity index (χ0) is 11.8. The lowest BCUT2D eigenvalue weighted by molar-refractivity contribution is 0.108. The quantitative estimate of drug-likeness (QED) is 0.609. The van der Waals surface area contributed by atoms with Crippen molar-refractivity contribution in [2.24, 2.45) is 0 Å². The lowest BCUT2D eigenvalue weighted by atomic mass is 9.99. The summed E-state index contributed by atoms with van der Waals surface area (Å²) < 4.78 is 5.76. The number of carbonyl (C=O) groups is 1. The van der Waals surface area contributed by atoms with Crippen LogP contribution in [0.25, 0.3) is 0 Å². The number of rotatable bonds is 1. The number of para-hydroxylation sites is 1. The van der Waals surface area contributed by atoms with Gasteiger partial charge in [0, 0.05) is 12.0 Å². The third-order valence-electron chi connectivity index (χ3n) is 2.87. The van der Waals surface area contributed by atoms with Crippen molar-refractivity contribution < 1.29 is 9.53 Å². The summed E-state index contributed by atoms with van der Waals surface area (Å²) in [4.78, 5) is 11.1. The Bertz CT molecular complexity index is 605. The lowest BCUT2D eigenvalue weighted by Gasteiger charge is -2.20. The molecule has 0 amide bonds. The number of hydrogen-bond donors (Lipinski definition) is 0. The van der Waals surface area contributed by atoms with Crippen LogP contribution in [0.4, 0.5) is 0 Å². The first-order valence-electron chi connectivity index (χ1n) is 5.32. The Balaban J connectivity index is 2.06. The number of halogens is 1. The van der Waals surface area contributed by atoms with Crippen molar-refractivity contribution in [3.63, 3.8) is 0 Å². The van der Waals surface area contributed by atoms with Crippen molar-refractivity contribution in [2.75, 3.05) is 0 Å². The predicted octanol–water partition coefficient (Wildman–Crippen LogP) is 3.76. The number of benzene rings is 2. The fourth-order valence-corrected chi connectivity index (χ4v) is 2.11. The standard InChI is InChI=1S/C14H9ClO2/c15-14(16)11-6-5-10-7-9-3-1-2-4-12(9)17-13(10)8-11/h1-6,8H,7H2. The van der Waals surface area contributed by atoms with Crippen LogP contribution in [0, 0.1) is 0 Å². The van der Waals surface area contributed by atoms with Gasteiger partial charge in [0.2, 0.25) is 0 Å². The maximum Gasteiger partial charge on any atom is 0.252 e. The molecule has 0 N–H and O–H groups in total. The van der Waals surface area contributed by atoms with Crippen molar-refractivity contribution in [3.8, 4) is 11.5 Å². The van der Waals surface area contributed by atoms with Crippen molar-refractivity contribution in [1.29, 1.82) is 0 Å². The number of hydrogen-bond acceptors (Lipinski definition) is 2. The summed E-state index contributed by atoms with van der Waals surface area (Å²) in [7, 11) is 0. The molecule has 0 aliphatic carbocycles. The molecule has 84 valence electrons. The van der Waals surface area contributed by atoms with Gasteiger partial charge in [-0.05, 0) is 40.9 Å². The van der Waals surface area contributed by atoms with Crippen LogP contribution in [-0.4, -0.2) is 5.24 Å². The summed E-state index contributed by atoms with van der Waals surface area (Å²) in [5.41, 5.74) is 2.69. The van der Waals surface area contributed by atoms with Crippen molar-refractivity contribution in [3.05, 3.63) is 59.2 Å². The summed E-state index contributed by atoms with van der Waals surface area (Å²) in [5.74, 6) is 1.56. The zero-order valence-corrected chi connectivity index (χ0v) is 9.70. The zero-order valence-electron chi connectivity index (χ0n) is 8.94. The molecule has 1 aliphatic heterocycles. The van der Waals surface area contributed by atoms with E-state index < -0.39 is 5.24 Å². The van der Waals surface area contributed by atoms with Crippen LogP contribution in [-0.2, 0) is 6.42 Å². The largest absolute Gasteiger partial charge is 0.457 e. The Kier molecular flexibility index (Phi) is 2.37. The lowest BCUT2D eigenvalue weighted by Crippen LogP contribution is -2.03. The van der Waals surface area contributed by atoms with Crippen LogP contribution >= 0.6 is 11.6 Å². The highest BCUT2D eigenvalue weighted by atomic mass is 35.5. The van der Waals surface area contributed by atoms with Crippen LogP contribution in [0.2, 0.25) is 0 Å². The second-order valence-electron chi connectivity index (χ2n) is 3.98. The molecule has 2 nitrogen and oxygen atoms in total. The van der Waals surface area contributed by atoms with Crippen molar-refractivity contribution in [1.82, 2.24) is 0 Å². The van der Waals surface area contributed by atoms with Gasteiger partial charge in [0.25, 0.3) is 5.24 Å². The first-order valence-corrected chi connectivity index (χ1v) is 5.70. The topological polar surface area (TPSA) is 26.3 Å². The van der Waals surface area contributed by atoms with E-state index in [1.165, 1.54) is 0 Å². The molecule has 0 radical (unpaired) electrons. The average molecular weight is 245 g/mol. The molecule has 0 fully saturated rings. The Morgan fingerprint density at radius 2 is 1.82 bits per heavy atom. The molecule has 17 heavy (non-hydrogen) atoms. The predicted molar refractivity (Wildman–Crippen MR) is 65.9 cm³/mol. The molecule has 1 aliphatic rings. The molecule has 0 bridgehead atoms. The Labute approximate surface area is 104 Å². The molecule has 1 heterocycles. The van der Waals surface area contributed by atoms with E-state index in [2.05, 4.69) is 0 Å². The Hall–Kier alpha value is -1.80. The van der Waals surface area contributed by atoms with Gasteiger partial charge >= 0.3 is 0 Å². The van der Waals surface area contributed by atoms with E-state index in [1.807, 2.05) is 30.3 Å².